The highest BCUT2D eigenvalue weighted by atomic mass is 32.2. The Bertz CT molecular complexity index is 576. The van der Waals surface area contributed by atoms with E-state index in [-0.39, 0.29) is 37.0 Å². The number of ether oxygens (including phenoxy) is 1. The topological polar surface area (TPSA) is 123 Å². The second-order valence-electron chi connectivity index (χ2n) is 4.48. The van der Waals surface area contributed by atoms with E-state index in [9.17, 15) is 8.42 Å². The van der Waals surface area contributed by atoms with Gasteiger partial charge in [-0.2, -0.15) is 4.31 Å². The first kappa shape index (κ1) is 17.4. The molecule has 0 spiro atoms. The summed E-state index contributed by atoms with van der Waals surface area (Å²) < 4.78 is 32.9. The molecule has 1 aromatic heterocycles. The van der Waals surface area contributed by atoms with Gasteiger partial charge in [0.2, 0.25) is 0 Å². The molecule has 0 aliphatic carbocycles. The molecule has 9 nitrogen and oxygen atoms in total. The van der Waals surface area contributed by atoms with E-state index in [1.807, 2.05) is 0 Å². The molecular weight excluding hydrogens is 298 g/mol. The summed E-state index contributed by atoms with van der Waals surface area (Å²) in [5, 5.41) is 11.3. The van der Waals surface area contributed by atoms with Crippen molar-refractivity contribution in [3.8, 4) is 0 Å². The number of rotatable bonds is 8. The first-order chi connectivity index (χ1) is 9.82. The highest BCUT2D eigenvalue weighted by Gasteiger charge is 2.27. The molecule has 0 bridgehead atoms. The van der Waals surface area contributed by atoms with Crippen LogP contribution in [0.4, 0.5) is 0 Å². The quantitative estimate of drug-likeness (QED) is 0.288. The highest BCUT2D eigenvalue weighted by Crippen LogP contribution is 2.15. The monoisotopic (exact) mass is 319 g/mol. The maximum Gasteiger partial charge on any atom is 0.262 e. The molecule has 0 amide bonds. The van der Waals surface area contributed by atoms with Gasteiger partial charge in [0.05, 0.1) is 6.61 Å². The molecule has 0 aromatic carbocycles. The highest BCUT2D eigenvalue weighted by molar-refractivity contribution is 7.89. The lowest BCUT2D eigenvalue weighted by molar-refractivity contribution is 0.179. The number of aromatic nitrogens is 2. The van der Waals surface area contributed by atoms with Gasteiger partial charge < -0.3 is 20.2 Å². The number of methoxy groups -OCH3 is 1. The number of nitrogens with two attached hydrogens (primary N) is 1. The van der Waals surface area contributed by atoms with E-state index in [2.05, 4.69) is 10.1 Å². The summed E-state index contributed by atoms with van der Waals surface area (Å²) in [6.07, 6.45) is 1.57. The summed E-state index contributed by atoms with van der Waals surface area (Å²) in [5.41, 5.74) is 5.39. The number of imidazole rings is 1. The minimum absolute atomic E-state index is 0.0295. The molecule has 21 heavy (non-hydrogen) atoms. The van der Waals surface area contributed by atoms with E-state index >= 15 is 0 Å². The normalized spacial score (nSPS) is 13.0. The van der Waals surface area contributed by atoms with Crippen LogP contribution < -0.4 is 5.73 Å². The SMILES string of the molecule is COCCN(CCC(N)=NO)S(=O)(=O)c1cn(C)c(C)n1. The predicted octanol–water partition coefficient (Wildman–Crippen LogP) is -0.498. The van der Waals surface area contributed by atoms with E-state index in [1.165, 1.54) is 17.6 Å². The second kappa shape index (κ2) is 7.38. The summed E-state index contributed by atoms with van der Waals surface area (Å²) >= 11 is 0. The Morgan fingerprint density at radius 3 is 2.71 bits per heavy atom. The van der Waals surface area contributed by atoms with E-state index in [4.69, 9.17) is 15.7 Å². The lowest BCUT2D eigenvalue weighted by Gasteiger charge is -2.20. The summed E-state index contributed by atoms with van der Waals surface area (Å²) in [5.74, 6) is 0.557. The van der Waals surface area contributed by atoms with Crippen LogP contribution in [0, 0.1) is 6.92 Å². The second-order valence-corrected chi connectivity index (χ2v) is 6.36. The number of amidine groups is 1. The van der Waals surface area contributed by atoms with Crippen molar-refractivity contribution in [2.75, 3.05) is 26.8 Å². The van der Waals surface area contributed by atoms with Crippen LogP contribution in [0.25, 0.3) is 0 Å². The van der Waals surface area contributed by atoms with Crippen molar-refractivity contribution in [2.24, 2.45) is 17.9 Å². The predicted molar refractivity (Wildman–Crippen MR) is 76.6 cm³/mol. The van der Waals surface area contributed by atoms with Crippen LogP contribution in [0.5, 0.6) is 0 Å². The molecule has 0 atom stereocenters. The van der Waals surface area contributed by atoms with Crippen LogP contribution in [-0.2, 0) is 21.8 Å². The van der Waals surface area contributed by atoms with Crippen LogP contribution in [0.2, 0.25) is 0 Å². The van der Waals surface area contributed by atoms with Crippen LogP contribution in [0.3, 0.4) is 0 Å². The van der Waals surface area contributed by atoms with Crippen molar-refractivity contribution in [2.45, 2.75) is 18.4 Å². The van der Waals surface area contributed by atoms with Crippen LogP contribution in [-0.4, -0.2) is 60.1 Å². The summed E-state index contributed by atoms with van der Waals surface area (Å²) in [6.45, 7) is 2.19. The minimum Gasteiger partial charge on any atom is -0.409 e. The summed E-state index contributed by atoms with van der Waals surface area (Å²) in [7, 11) is -0.545. The van der Waals surface area contributed by atoms with Crippen LogP contribution in [0.15, 0.2) is 16.4 Å². The molecule has 3 N–H and O–H groups in total. The number of nitrogens with zero attached hydrogens (tertiary/aromatic N) is 4. The fourth-order valence-corrected chi connectivity index (χ4v) is 3.07. The molecule has 120 valence electrons. The Balaban J connectivity index is 2.99. The molecule has 0 saturated carbocycles. The van der Waals surface area contributed by atoms with Crippen LogP contribution >= 0.6 is 0 Å². The Morgan fingerprint density at radius 2 is 2.24 bits per heavy atom. The standard InChI is InChI=1S/C11H21N5O4S/c1-9-13-11(8-15(9)2)21(18,19)16(6-7-20-3)5-4-10(12)14-17/h8,17H,4-7H2,1-3H3,(H2,12,14). The molecule has 0 aliphatic heterocycles. The van der Waals surface area contributed by atoms with Gasteiger partial charge in [0.15, 0.2) is 5.03 Å². The van der Waals surface area contributed by atoms with E-state index in [1.54, 1.807) is 18.5 Å². The fourth-order valence-electron chi connectivity index (χ4n) is 1.62. The summed E-state index contributed by atoms with van der Waals surface area (Å²) in [4.78, 5) is 4.04. The molecule has 0 fully saturated rings. The third-order valence-electron chi connectivity index (χ3n) is 2.98. The zero-order valence-corrected chi connectivity index (χ0v) is 13.2. The van der Waals surface area contributed by atoms with Gasteiger partial charge >= 0.3 is 0 Å². The molecular formula is C11H21N5O4S. The van der Waals surface area contributed by atoms with Crippen molar-refractivity contribution < 1.29 is 18.4 Å². The van der Waals surface area contributed by atoms with Gasteiger partial charge in [-0.25, -0.2) is 13.4 Å². The first-order valence-corrected chi connectivity index (χ1v) is 7.72. The maximum atomic E-state index is 12.6. The number of hydrogen-bond acceptors (Lipinski definition) is 6. The van der Waals surface area contributed by atoms with E-state index in [0.717, 1.165) is 0 Å². The average Bonchev–Trinajstić information content (AvgIpc) is 2.78. The molecule has 0 saturated heterocycles. The third-order valence-corrected chi connectivity index (χ3v) is 4.75. The van der Waals surface area contributed by atoms with Crippen molar-refractivity contribution in [3.05, 3.63) is 12.0 Å². The number of aryl methyl sites for hydroxylation is 2. The molecule has 0 unspecified atom stereocenters. The average molecular weight is 319 g/mol. The number of oxime groups is 1. The van der Waals surface area contributed by atoms with E-state index in [0.29, 0.717) is 5.82 Å². The zero-order valence-electron chi connectivity index (χ0n) is 12.4. The number of hydrogen-bond donors (Lipinski definition) is 2. The van der Waals surface area contributed by atoms with Gasteiger partial charge in [-0.05, 0) is 6.92 Å². The molecule has 1 heterocycles. The fraction of sp³-hybridized carbons (Fsp3) is 0.636. The Morgan fingerprint density at radius 1 is 1.57 bits per heavy atom. The van der Waals surface area contributed by atoms with Gasteiger partial charge in [0.25, 0.3) is 10.0 Å². The molecule has 10 heteroatoms. The first-order valence-electron chi connectivity index (χ1n) is 6.28. The van der Waals surface area contributed by atoms with Gasteiger partial charge in [0.1, 0.15) is 11.7 Å². The van der Waals surface area contributed by atoms with Gasteiger partial charge in [0, 0.05) is 39.9 Å². The molecule has 0 aliphatic rings. The van der Waals surface area contributed by atoms with Gasteiger partial charge in [-0.15, -0.1) is 0 Å². The number of sulfonamides is 1. The molecule has 1 aromatic rings. The molecule has 0 radical (unpaired) electrons. The third kappa shape index (κ3) is 4.41. The smallest absolute Gasteiger partial charge is 0.262 e. The lowest BCUT2D eigenvalue weighted by Crippen LogP contribution is -2.36. The minimum atomic E-state index is -3.75. The van der Waals surface area contributed by atoms with Crippen molar-refractivity contribution in [3.63, 3.8) is 0 Å². The maximum absolute atomic E-state index is 12.6. The van der Waals surface area contributed by atoms with Gasteiger partial charge in [-0.1, -0.05) is 5.16 Å². The lowest BCUT2D eigenvalue weighted by atomic mass is 10.4. The zero-order chi connectivity index (χ0) is 16.0. The Kier molecular flexibility index (Phi) is 6.12. The van der Waals surface area contributed by atoms with Crippen LogP contribution in [0.1, 0.15) is 12.2 Å². The van der Waals surface area contributed by atoms with Crippen molar-refractivity contribution in [1.82, 2.24) is 13.9 Å². The van der Waals surface area contributed by atoms with E-state index < -0.39 is 10.0 Å². The van der Waals surface area contributed by atoms with Crippen molar-refractivity contribution >= 4 is 15.9 Å². The van der Waals surface area contributed by atoms with Gasteiger partial charge in [-0.3, -0.25) is 0 Å². The largest absolute Gasteiger partial charge is 0.409 e. The summed E-state index contributed by atoms with van der Waals surface area (Å²) in [6, 6.07) is 0. The Hall–Kier alpha value is -1.65. The van der Waals surface area contributed by atoms with Crippen molar-refractivity contribution in [1.29, 1.82) is 0 Å². The molecule has 1 rings (SSSR count). The Labute approximate surface area is 124 Å².